The summed E-state index contributed by atoms with van der Waals surface area (Å²) in [4.78, 5) is 4.23. The molecule has 21 heavy (non-hydrogen) atoms. The first-order valence-corrected chi connectivity index (χ1v) is 6.56. The van der Waals surface area contributed by atoms with E-state index in [0.717, 1.165) is 10.9 Å². The molecule has 1 unspecified atom stereocenters. The van der Waals surface area contributed by atoms with E-state index >= 15 is 0 Å². The summed E-state index contributed by atoms with van der Waals surface area (Å²) in [6.07, 6.45) is -1.83. The van der Waals surface area contributed by atoms with Crippen molar-refractivity contribution in [3.05, 3.63) is 77.5 Å². The lowest BCUT2D eigenvalue weighted by Gasteiger charge is -2.15. The maximum Gasteiger partial charge on any atom is 0.263 e. The van der Waals surface area contributed by atoms with Crippen molar-refractivity contribution in [3.8, 4) is 0 Å². The van der Waals surface area contributed by atoms with Crippen molar-refractivity contribution in [3.63, 3.8) is 0 Å². The first-order chi connectivity index (χ1) is 10.2. The number of alkyl halides is 2. The Balaban J connectivity index is 2.08. The van der Waals surface area contributed by atoms with Crippen LogP contribution in [-0.4, -0.2) is 10.1 Å². The standard InChI is InChI=1S/C17H13F2NO/c18-17(19)12-5-1-4-11(10-12)16(21)14-6-2-8-15-13(14)7-3-9-20-15/h1-10,16-17,21H. The predicted molar refractivity (Wildman–Crippen MR) is 77.2 cm³/mol. The Hall–Kier alpha value is -2.33. The van der Waals surface area contributed by atoms with Crippen molar-refractivity contribution in [2.45, 2.75) is 12.5 Å². The van der Waals surface area contributed by atoms with Crippen molar-refractivity contribution < 1.29 is 13.9 Å². The van der Waals surface area contributed by atoms with Gasteiger partial charge in [0.25, 0.3) is 6.43 Å². The Morgan fingerprint density at radius 1 is 0.905 bits per heavy atom. The van der Waals surface area contributed by atoms with Gasteiger partial charge >= 0.3 is 0 Å². The molecule has 106 valence electrons. The monoisotopic (exact) mass is 285 g/mol. The Morgan fingerprint density at radius 3 is 2.48 bits per heavy atom. The summed E-state index contributed by atoms with van der Waals surface area (Å²) < 4.78 is 25.5. The third-order valence-corrected chi connectivity index (χ3v) is 3.45. The summed E-state index contributed by atoms with van der Waals surface area (Å²) in [7, 11) is 0. The maximum atomic E-state index is 12.8. The molecule has 0 aliphatic carbocycles. The fourth-order valence-corrected chi connectivity index (χ4v) is 2.41. The third-order valence-electron chi connectivity index (χ3n) is 3.45. The lowest BCUT2D eigenvalue weighted by Crippen LogP contribution is -2.02. The molecular weight excluding hydrogens is 272 g/mol. The molecule has 2 aromatic carbocycles. The zero-order valence-corrected chi connectivity index (χ0v) is 11.1. The number of hydrogen-bond donors (Lipinski definition) is 1. The molecule has 1 N–H and O–H groups in total. The number of hydrogen-bond acceptors (Lipinski definition) is 2. The molecule has 1 heterocycles. The van der Waals surface area contributed by atoms with Gasteiger partial charge in [-0.25, -0.2) is 8.78 Å². The van der Waals surface area contributed by atoms with Gasteiger partial charge in [0.05, 0.1) is 5.52 Å². The van der Waals surface area contributed by atoms with Crippen LogP contribution in [0.25, 0.3) is 10.9 Å². The van der Waals surface area contributed by atoms with E-state index in [1.54, 1.807) is 30.5 Å². The van der Waals surface area contributed by atoms with E-state index in [9.17, 15) is 13.9 Å². The molecular formula is C17H13F2NO. The topological polar surface area (TPSA) is 33.1 Å². The molecule has 0 spiro atoms. The summed E-state index contributed by atoms with van der Waals surface area (Å²) in [5.74, 6) is 0. The summed E-state index contributed by atoms with van der Waals surface area (Å²) >= 11 is 0. The summed E-state index contributed by atoms with van der Waals surface area (Å²) in [6.45, 7) is 0. The van der Waals surface area contributed by atoms with E-state index in [1.165, 1.54) is 18.2 Å². The van der Waals surface area contributed by atoms with Crippen LogP contribution in [-0.2, 0) is 0 Å². The van der Waals surface area contributed by atoms with E-state index in [2.05, 4.69) is 4.98 Å². The van der Waals surface area contributed by atoms with Gasteiger partial charge in [-0.2, -0.15) is 0 Å². The molecule has 1 aromatic heterocycles. The normalized spacial score (nSPS) is 12.8. The van der Waals surface area contributed by atoms with Crippen LogP contribution in [0.15, 0.2) is 60.8 Å². The number of aromatic nitrogens is 1. The number of pyridine rings is 1. The number of nitrogens with zero attached hydrogens (tertiary/aromatic N) is 1. The van der Waals surface area contributed by atoms with Gasteiger partial charge in [0.15, 0.2) is 0 Å². The minimum atomic E-state index is -2.55. The zero-order chi connectivity index (χ0) is 14.8. The summed E-state index contributed by atoms with van der Waals surface area (Å²) in [6, 6.07) is 14.9. The third kappa shape index (κ3) is 2.62. The second kappa shape index (κ2) is 5.58. The van der Waals surface area contributed by atoms with Crippen LogP contribution < -0.4 is 0 Å². The first-order valence-electron chi connectivity index (χ1n) is 6.56. The van der Waals surface area contributed by atoms with Crippen molar-refractivity contribution >= 4 is 10.9 Å². The summed E-state index contributed by atoms with van der Waals surface area (Å²) in [5, 5.41) is 11.3. The number of benzene rings is 2. The van der Waals surface area contributed by atoms with Gasteiger partial charge in [-0.05, 0) is 29.3 Å². The Labute approximate surface area is 120 Å². The lowest BCUT2D eigenvalue weighted by molar-refractivity contribution is 0.150. The van der Waals surface area contributed by atoms with Crippen molar-refractivity contribution in [1.29, 1.82) is 0 Å². The highest BCUT2D eigenvalue weighted by Gasteiger charge is 2.16. The van der Waals surface area contributed by atoms with Crippen LogP contribution in [0.2, 0.25) is 0 Å². The van der Waals surface area contributed by atoms with Gasteiger partial charge in [0.1, 0.15) is 6.10 Å². The van der Waals surface area contributed by atoms with Crippen LogP contribution >= 0.6 is 0 Å². The molecule has 0 aliphatic rings. The molecule has 0 aliphatic heterocycles. The maximum absolute atomic E-state index is 12.8. The van der Waals surface area contributed by atoms with Crippen molar-refractivity contribution in [2.24, 2.45) is 0 Å². The number of aliphatic hydroxyl groups excluding tert-OH is 1. The van der Waals surface area contributed by atoms with Gasteiger partial charge in [-0.15, -0.1) is 0 Å². The number of fused-ring (bicyclic) bond motifs is 1. The lowest BCUT2D eigenvalue weighted by atomic mass is 9.96. The molecule has 4 heteroatoms. The minimum absolute atomic E-state index is 0.0927. The summed E-state index contributed by atoms with van der Waals surface area (Å²) in [5.41, 5.74) is 1.78. The van der Waals surface area contributed by atoms with Crippen LogP contribution in [0.4, 0.5) is 8.78 Å². The number of aliphatic hydroxyl groups is 1. The highest BCUT2D eigenvalue weighted by atomic mass is 19.3. The molecule has 0 bridgehead atoms. The van der Waals surface area contributed by atoms with Crippen LogP contribution in [0, 0.1) is 0 Å². The van der Waals surface area contributed by atoms with Crippen molar-refractivity contribution in [1.82, 2.24) is 4.98 Å². The molecule has 0 saturated heterocycles. The van der Waals surface area contributed by atoms with Gasteiger partial charge in [-0.1, -0.05) is 36.4 Å². The fourth-order valence-electron chi connectivity index (χ4n) is 2.41. The number of halogens is 2. The average Bonchev–Trinajstić information content (AvgIpc) is 2.53. The molecule has 0 radical (unpaired) electrons. The second-order valence-electron chi connectivity index (χ2n) is 4.79. The quantitative estimate of drug-likeness (QED) is 0.780. The molecule has 0 fully saturated rings. The van der Waals surface area contributed by atoms with E-state index in [4.69, 9.17) is 0 Å². The fraction of sp³-hybridized carbons (Fsp3) is 0.118. The zero-order valence-electron chi connectivity index (χ0n) is 11.1. The van der Waals surface area contributed by atoms with E-state index in [0.29, 0.717) is 11.1 Å². The number of rotatable bonds is 3. The van der Waals surface area contributed by atoms with Gasteiger partial charge in [-0.3, -0.25) is 4.98 Å². The molecule has 3 rings (SSSR count). The molecule has 3 aromatic rings. The highest BCUT2D eigenvalue weighted by Crippen LogP contribution is 2.30. The largest absolute Gasteiger partial charge is 0.384 e. The first kappa shape index (κ1) is 13.6. The molecule has 0 saturated carbocycles. The Bertz CT molecular complexity index is 768. The average molecular weight is 285 g/mol. The second-order valence-corrected chi connectivity index (χ2v) is 4.79. The van der Waals surface area contributed by atoms with E-state index < -0.39 is 12.5 Å². The predicted octanol–water partition coefficient (Wildman–Crippen LogP) is 4.25. The van der Waals surface area contributed by atoms with Gasteiger partial charge < -0.3 is 5.11 Å². The van der Waals surface area contributed by atoms with E-state index in [-0.39, 0.29) is 5.56 Å². The Morgan fingerprint density at radius 2 is 1.67 bits per heavy atom. The molecule has 0 amide bonds. The van der Waals surface area contributed by atoms with Crippen LogP contribution in [0.3, 0.4) is 0 Å². The van der Waals surface area contributed by atoms with Crippen molar-refractivity contribution in [2.75, 3.05) is 0 Å². The Kier molecular flexibility index (Phi) is 3.62. The van der Waals surface area contributed by atoms with Gasteiger partial charge in [0.2, 0.25) is 0 Å². The smallest absolute Gasteiger partial charge is 0.263 e. The SMILES string of the molecule is OC(c1cccc(C(F)F)c1)c1cccc2ncccc12. The van der Waals surface area contributed by atoms with E-state index in [1.807, 2.05) is 12.1 Å². The molecule has 2 nitrogen and oxygen atoms in total. The molecule has 1 atom stereocenters. The minimum Gasteiger partial charge on any atom is -0.384 e. The highest BCUT2D eigenvalue weighted by molar-refractivity contribution is 5.82. The van der Waals surface area contributed by atoms with Crippen LogP contribution in [0.1, 0.15) is 29.2 Å². The van der Waals surface area contributed by atoms with Crippen LogP contribution in [0.5, 0.6) is 0 Å². The van der Waals surface area contributed by atoms with Gasteiger partial charge in [0, 0.05) is 17.1 Å².